The van der Waals surface area contributed by atoms with Crippen LogP contribution in [-0.4, -0.2) is 22.1 Å². The van der Waals surface area contributed by atoms with Crippen LogP contribution in [0.25, 0.3) is 0 Å². The fraction of sp³-hybridized carbons (Fsp3) is 0.231. The molecule has 0 saturated heterocycles. The molecule has 5 heteroatoms. The number of aryl methyl sites for hydroxylation is 1. The summed E-state index contributed by atoms with van der Waals surface area (Å²) in [4.78, 5) is 9.94. The van der Waals surface area contributed by atoms with E-state index in [-0.39, 0.29) is 11.8 Å². The van der Waals surface area contributed by atoms with Crippen LogP contribution >= 0.6 is 11.6 Å². The summed E-state index contributed by atoms with van der Waals surface area (Å²) < 4.78 is 0. The van der Waals surface area contributed by atoms with Crippen LogP contribution in [0, 0.1) is 6.92 Å². The Morgan fingerprint density at radius 3 is 2.78 bits per heavy atom. The molecule has 1 heterocycles. The lowest BCUT2D eigenvalue weighted by atomic mass is 10.2. The van der Waals surface area contributed by atoms with E-state index in [4.69, 9.17) is 11.6 Å². The van der Waals surface area contributed by atoms with Crippen molar-refractivity contribution in [2.24, 2.45) is 0 Å². The summed E-state index contributed by atoms with van der Waals surface area (Å²) in [7, 11) is 1.88. The van der Waals surface area contributed by atoms with Gasteiger partial charge in [0.25, 0.3) is 0 Å². The molecule has 4 nitrogen and oxygen atoms in total. The van der Waals surface area contributed by atoms with Crippen LogP contribution < -0.4 is 4.90 Å². The summed E-state index contributed by atoms with van der Waals surface area (Å²) in [5, 5.41) is 9.64. The average molecular weight is 264 g/mol. The first-order valence-corrected chi connectivity index (χ1v) is 5.92. The van der Waals surface area contributed by atoms with Crippen molar-refractivity contribution in [3.8, 4) is 0 Å². The predicted octanol–water partition coefficient (Wildman–Crippen LogP) is 2.70. The molecular formula is C13H14ClN3O. The van der Waals surface area contributed by atoms with E-state index in [0.29, 0.717) is 11.4 Å². The number of aliphatic hydroxyl groups is 1. The summed E-state index contributed by atoms with van der Waals surface area (Å²) in [6, 6.07) is 8.02. The molecule has 0 unspecified atom stereocenters. The van der Waals surface area contributed by atoms with Gasteiger partial charge in [0.15, 0.2) is 0 Å². The summed E-state index contributed by atoms with van der Waals surface area (Å²) in [6.07, 6.45) is 1.39. The van der Waals surface area contributed by atoms with Crippen LogP contribution in [0.5, 0.6) is 0 Å². The summed E-state index contributed by atoms with van der Waals surface area (Å²) in [5.41, 5.74) is 2.67. The molecule has 2 aromatic rings. The smallest absolute Gasteiger partial charge is 0.143 e. The Morgan fingerprint density at radius 2 is 2.11 bits per heavy atom. The van der Waals surface area contributed by atoms with Crippen molar-refractivity contribution < 1.29 is 5.11 Å². The fourth-order valence-corrected chi connectivity index (χ4v) is 1.95. The minimum atomic E-state index is -0.189. The Morgan fingerprint density at radius 1 is 1.33 bits per heavy atom. The van der Waals surface area contributed by atoms with Crippen molar-refractivity contribution in [1.82, 2.24) is 9.97 Å². The number of aliphatic hydroxyl groups excluding tert-OH is 1. The number of anilines is 2. The maximum absolute atomic E-state index is 9.36. The van der Waals surface area contributed by atoms with E-state index >= 15 is 0 Å². The molecule has 0 aliphatic rings. The first kappa shape index (κ1) is 12.8. The van der Waals surface area contributed by atoms with Crippen molar-refractivity contribution in [3.63, 3.8) is 0 Å². The molecule has 0 fully saturated rings. The van der Waals surface area contributed by atoms with E-state index in [0.717, 1.165) is 11.3 Å². The van der Waals surface area contributed by atoms with Crippen molar-refractivity contribution in [2.75, 3.05) is 11.9 Å². The Bertz CT molecular complexity index is 560. The van der Waals surface area contributed by atoms with Crippen molar-refractivity contribution in [3.05, 3.63) is 46.9 Å². The molecule has 1 aromatic heterocycles. The van der Waals surface area contributed by atoms with Crippen molar-refractivity contribution in [1.29, 1.82) is 0 Å². The maximum Gasteiger partial charge on any atom is 0.143 e. The van der Waals surface area contributed by atoms with Gasteiger partial charge < -0.3 is 10.0 Å². The highest BCUT2D eigenvalue weighted by Gasteiger charge is 2.14. The average Bonchev–Trinajstić information content (AvgIpc) is 2.37. The number of halogens is 1. The quantitative estimate of drug-likeness (QED) is 0.865. The van der Waals surface area contributed by atoms with Gasteiger partial charge in [-0.3, -0.25) is 0 Å². The van der Waals surface area contributed by atoms with Gasteiger partial charge in [-0.15, -0.1) is 0 Å². The highest BCUT2D eigenvalue weighted by Crippen LogP contribution is 2.28. The van der Waals surface area contributed by atoms with Crippen LogP contribution in [0.4, 0.5) is 11.5 Å². The number of benzene rings is 1. The second-order valence-electron chi connectivity index (χ2n) is 4.02. The molecule has 18 heavy (non-hydrogen) atoms. The van der Waals surface area contributed by atoms with Crippen molar-refractivity contribution in [2.45, 2.75) is 13.5 Å². The zero-order valence-electron chi connectivity index (χ0n) is 10.3. The van der Waals surface area contributed by atoms with Gasteiger partial charge in [0.2, 0.25) is 0 Å². The minimum absolute atomic E-state index is 0.189. The number of aromatic nitrogens is 2. The van der Waals surface area contributed by atoms with Crippen LogP contribution in [0.3, 0.4) is 0 Å². The number of nitrogens with zero attached hydrogens (tertiary/aromatic N) is 3. The zero-order valence-corrected chi connectivity index (χ0v) is 11.0. The van der Waals surface area contributed by atoms with E-state index in [1.165, 1.54) is 6.33 Å². The Balaban J connectivity index is 2.46. The van der Waals surface area contributed by atoms with E-state index in [1.54, 1.807) is 0 Å². The standard InChI is InChI=1S/C13H14ClN3O/c1-9-4-3-5-10(6-9)17(2)13-11(7-18)12(14)15-8-16-13/h3-6,8,18H,7H2,1-2H3. The summed E-state index contributed by atoms with van der Waals surface area (Å²) in [5.74, 6) is 0.614. The van der Waals surface area contributed by atoms with E-state index in [9.17, 15) is 5.11 Å². The lowest BCUT2D eigenvalue weighted by Gasteiger charge is -2.21. The van der Waals surface area contributed by atoms with Gasteiger partial charge in [-0.2, -0.15) is 0 Å². The molecule has 0 saturated carbocycles. The predicted molar refractivity (Wildman–Crippen MR) is 72.2 cm³/mol. The third kappa shape index (κ3) is 2.44. The first-order valence-electron chi connectivity index (χ1n) is 5.54. The van der Waals surface area contributed by atoms with Crippen LogP contribution in [0.2, 0.25) is 5.15 Å². The molecule has 0 spiro atoms. The van der Waals surface area contributed by atoms with Gasteiger partial charge >= 0.3 is 0 Å². The molecule has 0 amide bonds. The molecule has 1 aromatic carbocycles. The van der Waals surface area contributed by atoms with Gasteiger partial charge in [0.1, 0.15) is 17.3 Å². The zero-order chi connectivity index (χ0) is 13.1. The van der Waals surface area contributed by atoms with Crippen LogP contribution in [0.15, 0.2) is 30.6 Å². The first-order chi connectivity index (χ1) is 8.63. The van der Waals surface area contributed by atoms with E-state index < -0.39 is 0 Å². The second kappa shape index (κ2) is 5.33. The summed E-state index contributed by atoms with van der Waals surface area (Å²) in [6.45, 7) is 1.84. The topological polar surface area (TPSA) is 49.2 Å². The molecule has 1 N–H and O–H groups in total. The maximum atomic E-state index is 9.36. The Kier molecular flexibility index (Phi) is 3.79. The fourth-order valence-electron chi connectivity index (χ4n) is 1.77. The molecule has 0 atom stereocenters. The number of hydrogen-bond donors (Lipinski definition) is 1. The molecule has 0 aliphatic carbocycles. The lowest BCUT2D eigenvalue weighted by molar-refractivity contribution is 0.281. The summed E-state index contributed by atoms with van der Waals surface area (Å²) >= 11 is 5.95. The van der Waals surface area contributed by atoms with Gasteiger partial charge in [-0.25, -0.2) is 9.97 Å². The molecule has 2 rings (SSSR count). The Hall–Kier alpha value is -1.65. The Labute approximate surface area is 111 Å². The normalized spacial score (nSPS) is 10.4. The molecule has 0 radical (unpaired) electrons. The third-order valence-electron chi connectivity index (χ3n) is 2.73. The molecule has 94 valence electrons. The highest BCUT2D eigenvalue weighted by molar-refractivity contribution is 6.30. The second-order valence-corrected chi connectivity index (χ2v) is 4.38. The van der Waals surface area contributed by atoms with E-state index in [1.807, 2.05) is 43.1 Å². The monoisotopic (exact) mass is 263 g/mol. The molecular weight excluding hydrogens is 250 g/mol. The SMILES string of the molecule is Cc1cccc(N(C)c2ncnc(Cl)c2CO)c1. The molecule has 0 aliphatic heterocycles. The van der Waals surface area contributed by atoms with Gasteiger partial charge in [-0.05, 0) is 24.6 Å². The molecule has 0 bridgehead atoms. The number of rotatable bonds is 3. The highest BCUT2D eigenvalue weighted by atomic mass is 35.5. The third-order valence-corrected chi connectivity index (χ3v) is 3.06. The van der Waals surface area contributed by atoms with Crippen LogP contribution in [-0.2, 0) is 6.61 Å². The van der Waals surface area contributed by atoms with Crippen LogP contribution in [0.1, 0.15) is 11.1 Å². The lowest BCUT2D eigenvalue weighted by Crippen LogP contribution is -2.14. The van der Waals surface area contributed by atoms with Crippen molar-refractivity contribution >= 4 is 23.1 Å². The number of hydrogen-bond acceptors (Lipinski definition) is 4. The van der Waals surface area contributed by atoms with Gasteiger partial charge in [0.05, 0.1) is 12.2 Å². The van der Waals surface area contributed by atoms with Gasteiger partial charge in [-0.1, -0.05) is 23.7 Å². The van der Waals surface area contributed by atoms with Gasteiger partial charge in [0, 0.05) is 12.7 Å². The largest absolute Gasteiger partial charge is 0.391 e. The minimum Gasteiger partial charge on any atom is -0.391 e. The van der Waals surface area contributed by atoms with E-state index in [2.05, 4.69) is 9.97 Å².